The van der Waals surface area contributed by atoms with Gasteiger partial charge in [0.1, 0.15) is 6.61 Å². The molecule has 35 heavy (non-hydrogen) atoms. The van der Waals surface area contributed by atoms with Crippen molar-refractivity contribution in [3.63, 3.8) is 0 Å². The van der Waals surface area contributed by atoms with E-state index in [4.69, 9.17) is 4.84 Å². The molecule has 1 aromatic heterocycles. The maximum Gasteiger partial charge on any atom is 0.193 e. The van der Waals surface area contributed by atoms with Gasteiger partial charge in [-0.2, -0.15) is 0 Å². The molecule has 5 rings (SSSR count). The zero-order valence-electron chi connectivity index (χ0n) is 20.1. The van der Waals surface area contributed by atoms with E-state index in [9.17, 15) is 4.79 Å². The number of hydrogen-bond acceptors (Lipinski definition) is 3. The van der Waals surface area contributed by atoms with Crippen LogP contribution in [0.15, 0.2) is 102 Å². The Balaban J connectivity index is 1.52. The first-order chi connectivity index (χ1) is 17.2. The molecule has 0 atom stereocenters. The first-order valence-corrected chi connectivity index (χ1v) is 12.0. The average molecular weight is 461 g/mol. The molecular weight excluding hydrogens is 432 g/mol. The second-order valence-corrected chi connectivity index (χ2v) is 8.78. The maximum atomic E-state index is 12.9. The van der Waals surface area contributed by atoms with Crippen molar-refractivity contribution >= 4 is 33.3 Å². The molecule has 0 bridgehead atoms. The summed E-state index contributed by atoms with van der Waals surface area (Å²) in [5.41, 5.74) is 6.84. The molecule has 0 saturated heterocycles. The van der Waals surface area contributed by atoms with E-state index in [1.807, 2.05) is 61.5 Å². The predicted octanol–water partition coefficient (Wildman–Crippen LogP) is 7.36. The van der Waals surface area contributed by atoms with Gasteiger partial charge in [-0.15, -0.1) is 0 Å². The molecule has 4 nitrogen and oxygen atoms in total. The van der Waals surface area contributed by atoms with Crippen LogP contribution in [0.1, 0.15) is 41.8 Å². The molecule has 0 amide bonds. The Kier molecular flexibility index (Phi) is 6.44. The van der Waals surface area contributed by atoms with Crippen molar-refractivity contribution in [2.24, 2.45) is 5.16 Å². The van der Waals surface area contributed by atoms with Crippen molar-refractivity contribution in [3.8, 4) is 5.69 Å². The van der Waals surface area contributed by atoms with Crippen LogP contribution >= 0.6 is 0 Å². The Hall–Kier alpha value is -4.18. The summed E-state index contributed by atoms with van der Waals surface area (Å²) < 4.78 is 2.26. The van der Waals surface area contributed by atoms with Crippen LogP contribution in [0.2, 0.25) is 0 Å². The molecule has 4 heteroatoms. The van der Waals surface area contributed by atoms with Gasteiger partial charge in [0, 0.05) is 34.0 Å². The summed E-state index contributed by atoms with van der Waals surface area (Å²) in [4.78, 5) is 18.2. The fourth-order valence-corrected chi connectivity index (χ4v) is 4.50. The van der Waals surface area contributed by atoms with Gasteiger partial charge in [0.2, 0.25) is 0 Å². The van der Waals surface area contributed by atoms with Crippen molar-refractivity contribution in [2.45, 2.75) is 26.7 Å². The van der Waals surface area contributed by atoms with Crippen LogP contribution in [-0.4, -0.2) is 22.7 Å². The number of benzene rings is 4. The number of ketones is 1. The number of carbonyl (C=O) groups excluding carboxylic acids is 1. The van der Waals surface area contributed by atoms with Crippen molar-refractivity contribution in [3.05, 3.63) is 114 Å². The third kappa shape index (κ3) is 4.60. The minimum atomic E-state index is 0.0314. The van der Waals surface area contributed by atoms with Gasteiger partial charge >= 0.3 is 0 Å². The van der Waals surface area contributed by atoms with Crippen LogP contribution in [0.3, 0.4) is 0 Å². The molecule has 0 N–H and O–H groups in total. The van der Waals surface area contributed by atoms with E-state index in [1.165, 1.54) is 16.3 Å². The number of para-hydroxylation sites is 1. The van der Waals surface area contributed by atoms with Gasteiger partial charge in [0.15, 0.2) is 5.78 Å². The minimum absolute atomic E-state index is 0.0314. The van der Waals surface area contributed by atoms with Gasteiger partial charge in [-0.05, 0) is 61.4 Å². The number of fused-ring (bicyclic) bond motifs is 3. The molecule has 0 unspecified atom stereocenters. The minimum Gasteiger partial charge on any atom is -0.396 e. The monoisotopic (exact) mass is 460 g/mol. The fraction of sp³-hybridized carbons (Fsp3) is 0.161. The van der Waals surface area contributed by atoms with Gasteiger partial charge in [-0.25, -0.2) is 0 Å². The Morgan fingerprint density at radius 1 is 0.800 bits per heavy atom. The molecule has 0 radical (unpaired) electrons. The van der Waals surface area contributed by atoms with E-state index < -0.39 is 0 Å². The second-order valence-electron chi connectivity index (χ2n) is 8.78. The average Bonchev–Trinajstić information content (AvgIpc) is 3.23. The molecule has 1 heterocycles. The van der Waals surface area contributed by atoms with Crippen molar-refractivity contribution in [2.75, 3.05) is 6.61 Å². The number of rotatable bonds is 8. The summed E-state index contributed by atoms with van der Waals surface area (Å²) in [6.07, 6.45) is 1.69. The van der Waals surface area contributed by atoms with Crippen LogP contribution in [-0.2, 0) is 11.3 Å². The highest BCUT2D eigenvalue weighted by atomic mass is 16.6. The molecular formula is C31H28N2O2. The van der Waals surface area contributed by atoms with Crippen LogP contribution in [0.4, 0.5) is 0 Å². The lowest BCUT2D eigenvalue weighted by molar-refractivity contribution is 0.103. The SMILES string of the molecule is CCCON=C(C)Cc1ccc2c(c1)c1ccccc1n2-c1ccc(C(=O)c2ccccc2)cc1. The third-order valence-electron chi connectivity index (χ3n) is 6.14. The number of aromatic nitrogens is 1. The highest BCUT2D eigenvalue weighted by Crippen LogP contribution is 2.33. The van der Waals surface area contributed by atoms with Crippen molar-refractivity contribution < 1.29 is 9.63 Å². The van der Waals surface area contributed by atoms with E-state index in [-0.39, 0.29) is 5.78 Å². The smallest absolute Gasteiger partial charge is 0.193 e. The van der Waals surface area contributed by atoms with Crippen molar-refractivity contribution in [1.82, 2.24) is 4.57 Å². The lowest BCUT2D eigenvalue weighted by Crippen LogP contribution is -2.02. The van der Waals surface area contributed by atoms with Crippen LogP contribution in [0, 0.1) is 0 Å². The standard InChI is InChI=1S/C31H28N2O2/c1-3-19-35-32-22(2)20-23-13-18-30-28(21-23)27-11-7-8-12-29(27)33(30)26-16-14-25(15-17-26)31(34)24-9-5-4-6-10-24/h4-18,21H,3,19-20H2,1-2H3. The number of nitrogens with zero attached hydrogens (tertiary/aromatic N) is 2. The third-order valence-corrected chi connectivity index (χ3v) is 6.14. The summed E-state index contributed by atoms with van der Waals surface area (Å²) in [5, 5.41) is 6.63. The maximum absolute atomic E-state index is 12.9. The molecule has 174 valence electrons. The zero-order valence-corrected chi connectivity index (χ0v) is 20.1. The molecule has 0 saturated carbocycles. The normalized spacial score (nSPS) is 11.8. The molecule has 0 fully saturated rings. The predicted molar refractivity (Wildman–Crippen MR) is 144 cm³/mol. The number of carbonyl (C=O) groups is 1. The molecule has 4 aromatic carbocycles. The molecule has 5 aromatic rings. The van der Waals surface area contributed by atoms with Crippen molar-refractivity contribution in [1.29, 1.82) is 0 Å². The number of hydrogen-bond donors (Lipinski definition) is 0. The molecule has 0 spiro atoms. The number of oxime groups is 1. The lowest BCUT2D eigenvalue weighted by atomic mass is 10.0. The first kappa shape index (κ1) is 22.6. The zero-order chi connectivity index (χ0) is 24.2. The van der Waals surface area contributed by atoms with E-state index in [2.05, 4.69) is 59.1 Å². The van der Waals surface area contributed by atoms with Gasteiger partial charge in [-0.3, -0.25) is 4.79 Å². The van der Waals surface area contributed by atoms with E-state index in [1.54, 1.807) is 0 Å². The Labute approximate surface area is 205 Å². The quantitative estimate of drug-likeness (QED) is 0.105. The Morgan fingerprint density at radius 3 is 2.26 bits per heavy atom. The van der Waals surface area contributed by atoms with Gasteiger partial charge in [0.05, 0.1) is 16.7 Å². The highest BCUT2D eigenvalue weighted by Gasteiger charge is 2.14. The largest absolute Gasteiger partial charge is 0.396 e. The van der Waals surface area contributed by atoms with Gasteiger partial charge in [0.25, 0.3) is 0 Å². The van der Waals surface area contributed by atoms with E-state index in [0.29, 0.717) is 17.7 Å². The van der Waals surface area contributed by atoms with E-state index >= 15 is 0 Å². The Morgan fingerprint density at radius 2 is 1.49 bits per heavy atom. The fourth-order valence-electron chi connectivity index (χ4n) is 4.50. The van der Waals surface area contributed by atoms with E-state index in [0.717, 1.165) is 35.3 Å². The van der Waals surface area contributed by atoms with Crippen LogP contribution in [0.25, 0.3) is 27.5 Å². The summed E-state index contributed by atoms with van der Waals surface area (Å²) in [6, 6.07) is 32.3. The summed E-state index contributed by atoms with van der Waals surface area (Å²) in [6.45, 7) is 4.71. The summed E-state index contributed by atoms with van der Waals surface area (Å²) in [7, 11) is 0. The topological polar surface area (TPSA) is 43.6 Å². The lowest BCUT2D eigenvalue weighted by Gasteiger charge is -2.09. The van der Waals surface area contributed by atoms with Crippen LogP contribution in [0.5, 0.6) is 0 Å². The summed E-state index contributed by atoms with van der Waals surface area (Å²) >= 11 is 0. The highest BCUT2D eigenvalue weighted by molar-refractivity contribution is 6.10. The first-order valence-electron chi connectivity index (χ1n) is 12.0. The van der Waals surface area contributed by atoms with Crippen LogP contribution < -0.4 is 0 Å². The summed E-state index contributed by atoms with van der Waals surface area (Å²) in [5.74, 6) is 0.0314. The molecule has 0 aliphatic carbocycles. The molecule has 0 aliphatic heterocycles. The second kappa shape index (κ2) is 9.98. The Bertz CT molecular complexity index is 1510. The van der Waals surface area contributed by atoms with Gasteiger partial charge < -0.3 is 9.40 Å². The van der Waals surface area contributed by atoms with Gasteiger partial charge in [-0.1, -0.05) is 66.7 Å². The molecule has 0 aliphatic rings.